The fraction of sp³-hybridized carbons (Fsp3) is 0.240. The number of methoxy groups -OCH3 is 2. The van der Waals surface area contributed by atoms with Crippen molar-refractivity contribution in [3.63, 3.8) is 0 Å². The maximum atomic E-state index is 13.6. The Morgan fingerprint density at radius 3 is 2.24 bits per heavy atom. The SMILES string of the molecule is COc1ccc(S(=O)(=O)N(CC(=O)N[C@@H](C)c2ccc(Br)cc2)Cc2ccccc2)cc1OC. The summed E-state index contributed by atoms with van der Waals surface area (Å²) in [6, 6.07) is 20.8. The van der Waals surface area contributed by atoms with Gasteiger partial charge in [0, 0.05) is 17.1 Å². The van der Waals surface area contributed by atoms with Gasteiger partial charge in [0.1, 0.15) is 0 Å². The molecule has 0 aliphatic heterocycles. The quantitative estimate of drug-likeness (QED) is 0.403. The van der Waals surface area contributed by atoms with Crippen molar-refractivity contribution in [3.05, 3.63) is 88.4 Å². The molecule has 3 aromatic rings. The van der Waals surface area contributed by atoms with Crippen LogP contribution < -0.4 is 14.8 Å². The van der Waals surface area contributed by atoms with E-state index < -0.39 is 15.9 Å². The number of amides is 1. The van der Waals surface area contributed by atoms with Crippen LogP contribution in [0.1, 0.15) is 24.1 Å². The van der Waals surface area contributed by atoms with Crippen molar-refractivity contribution >= 4 is 31.9 Å². The lowest BCUT2D eigenvalue weighted by molar-refractivity contribution is -0.122. The van der Waals surface area contributed by atoms with E-state index in [1.165, 1.54) is 32.4 Å². The molecule has 1 amide bonds. The van der Waals surface area contributed by atoms with Gasteiger partial charge in [-0.1, -0.05) is 58.4 Å². The topological polar surface area (TPSA) is 84.9 Å². The molecule has 0 spiro atoms. The van der Waals surface area contributed by atoms with E-state index in [0.29, 0.717) is 5.75 Å². The number of carbonyl (C=O) groups is 1. The van der Waals surface area contributed by atoms with E-state index in [2.05, 4.69) is 21.2 Å². The molecule has 0 unspecified atom stereocenters. The molecule has 0 aromatic heterocycles. The number of benzene rings is 3. The first-order valence-corrected chi connectivity index (χ1v) is 12.8. The third kappa shape index (κ3) is 6.37. The first-order chi connectivity index (χ1) is 16.2. The Hall–Kier alpha value is -2.88. The first-order valence-electron chi connectivity index (χ1n) is 10.6. The molecule has 0 saturated carbocycles. The Labute approximate surface area is 208 Å². The predicted molar refractivity (Wildman–Crippen MR) is 134 cm³/mol. The summed E-state index contributed by atoms with van der Waals surface area (Å²) in [5, 5.41) is 2.89. The van der Waals surface area contributed by atoms with Gasteiger partial charge in [0.05, 0.1) is 31.7 Å². The van der Waals surface area contributed by atoms with Gasteiger partial charge in [-0.05, 0) is 42.3 Å². The van der Waals surface area contributed by atoms with Gasteiger partial charge in [0.15, 0.2) is 11.5 Å². The minimum absolute atomic E-state index is 0.00911. The average molecular weight is 547 g/mol. The number of hydrogen-bond donors (Lipinski definition) is 1. The van der Waals surface area contributed by atoms with Crippen LogP contribution in [0, 0.1) is 0 Å². The van der Waals surface area contributed by atoms with Gasteiger partial charge in [0.25, 0.3) is 0 Å². The second kappa shape index (κ2) is 11.5. The van der Waals surface area contributed by atoms with E-state index in [1.807, 2.05) is 61.5 Å². The number of nitrogens with zero attached hydrogens (tertiary/aromatic N) is 1. The fourth-order valence-corrected chi connectivity index (χ4v) is 5.09. The molecule has 7 nitrogen and oxygen atoms in total. The second-order valence-corrected chi connectivity index (χ2v) is 10.5. The summed E-state index contributed by atoms with van der Waals surface area (Å²) in [6.07, 6.45) is 0. The van der Waals surface area contributed by atoms with E-state index in [0.717, 1.165) is 19.9 Å². The molecule has 3 aromatic carbocycles. The Bertz CT molecular complexity index is 1220. The molecule has 0 fully saturated rings. The van der Waals surface area contributed by atoms with Crippen LogP contribution in [0.25, 0.3) is 0 Å². The monoisotopic (exact) mass is 546 g/mol. The summed E-state index contributed by atoms with van der Waals surface area (Å²) in [6.45, 7) is 1.55. The van der Waals surface area contributed by atoms with Gasteiger partial charge in [0.2, 0.25) is 15.9 Å². The molecule has 0 aliphatic rings. The molecule has 180 valence electrons. The van der Waals surface area contributed by atoms with Crippen molar-refractivity contribution in [2.75, 3.05) is 20.8 Å². The number of sulfonamides is 1. The second-order valence-electron chi connectivity index (χ2n) is 7.62. The number of halogens is 1. The van der Waals surface area contributed by atoms with Gasteiger partial charge in [-0.15, -0.1) is 0 Å². The minimum atomic E-state index is -4.03. The van der Waals surface area contributed by atoms with Gasteiger partial charge in [-0.25, -0.2) is 8.42 Å². The summed E-state index contributed by atoms with van der Waals surface area (Å²) < 4.78 is 39.7. The smallest absolute Gasteiger partial charge is 0.243 e. The Balaban J connectivity index is 1.87. The maximum Gasteiger partial charge on any atom is 0.243 e. The Morgan fingerprint density at radius 1 is 0.971 bits per heavy atom. The van der Waals surface area contributed by atoms with Crippen molar-refractivity contribution < 1.29 is 22.7 Å². The lowest BCUT2D eigenvalue weighted by Crippen LogP contribution is -2.41. The zero-order chi connectivity index (χ0) is 24.7. The third-order valence-corrected chi connectivity index (χ3v) is 7.58. The summed E-state index contributed by atoms with van der Waals surface area (Å²) in [5.41, 5.74) is 1.68. The molecule has 34 heavy (non-hydrogen) atoms. The first kappa shape index (κ1) is 25.7. The molecule has 0 radical (unpaired) electrons. The van der Waals surface area contributed by atoms with Crippen LogP contribution in [0.5, 0.6) is 11.5 Å². The summed E-state index contributed by atoms with van der Waals surface area (Å²) in [7, 11) is -1.11. The minimum Gasteiger partial charge on any atom is -0.493 e. The van der Waals surface area contributed by atoms with Gasteiger partial charge >= 0.3 is 0 Å². The standard InChI is InChI=1S/C25H27BrN2O5S/c1-18(20-9-11-21(26)12-10-20)27-25(29)17-28(16-19-7-5-4-6-8-19)34(30,31)22-13-14-23(32-2)24(15-22)33-3/h4-15,18H,16-17H2,1-3H3,(H,27,29)/t18-/m0/s1. The lowest BCUT2D eigenvalue weighted by atomic mass is 10.1. The molecule has 0 heterocycles. The zero-order valence-electron chi connectivity index (χ0n) is 19.2. The van der Waals surface area contributed by atoms with Crippen LogP contribution in [0.3, 0.4) is 0 Å². The van der Waals surface area contributed by atoms with Crippen molar-refractivity contribution in [1.82, 2.24) is 9.62 Å². The summed E-state index contributed by atoms with van der Waals surface area (Å²) >= 11 is 3.40. The van der Waals surface area contributed by atoms with Crippen LogP contribution in [-0.2, 0) is 21.4 Å². The van der Waals surface area contributed by atoms with E-state index in [-0.39, 0.29) is 29.8 Å². The van der Waals surface area contributed by atoms with E-state index in [1.54, 1.807) is 0 Å². The van der Waals surface area contributed by atoms with Crippen molar-refractivity contribution in [3.8, 4) is 11.5 Å². The van der Waals surface area contributed by atoms with Gasteiger partial charge in [-0.2, -0.15) is 4.31 Å². The number of nitrogens with one attached hydrogen (secondary N) is 1. The van der Waals surface area contributed by atoms with E-state index in [4.69, 9.17) is 9.47 Å². The highest BCUT2D eigenvalue weighted by Crippen LogP contribution is 2.31. The van der Waals surface area contributed by atoms with Crippen LogP contribution in [0.4, 0.5) is 0 Å². The van der Waals surface area contributed by atoms with Crippen molar-refractivity contribution in [2.45, 2.75) is 24.4 Å². The number of rotatable bonds is 10. The lowest BCUT2D eigenvalue weighted by Gasteiger charge is -2.24. The van der Waals surface area contributed by atoms with Crippen LogP contribution in [0.15, 0.2) is 82.2 Å². The Morgan fingerprint density at radius 2 is 1.62 bits per heavy atom. The molecule has 9 heteroatoms. The molecule has 0 bridgehead atoms. The highest BCUT2D eigenvalue weighted by atomic mass is 79.9. The Kier molecular flexibility index (Phi) is 8.71. The molecular formula is C25H27BrN2O5S. The highest BCUT2D eigenvalue weighted by molar-refractivity contribution is 9.10. The average Bonchev–Trinajstić information content (AvgIpc) is 2.84. The summed E-state index contributed by atoms with van der Waals surface area (Å²) in [4.78, 5) is 12.9. The molecule has 1 N–H and O–H groups in total. The van der Waals surface area contributed by atoms with Crippen LogP contribution in [0.2, 0.25) is 0 Å². The van der Waals surface area contributed by atoms with Crippen LogP contribution in [-0.4, -0.2) is 39.4 Å². The number of ether oxygens (including phenoxy) is 2. The highest BCUT2D eigenvalue weighted by Gasteiger charge is 2.28. The molecule has 0 saturated heterocycles. The van der Waals surface area contributed by atoms with Crippen LogP contribution >= 0.6 is 15.9 Å². The molecule has 0 aliphatic carbocycles. The summed E-state index contributed by atoms with van der Waals surface area (Å²) in [5.74, 6) is 0.295. The van der Waals surface area contributed by atoms with E-state index in [9.17, 15) is 13.2 Å². The maximum absolute atomic E-state index is 13.6. The van der Waals surface area contributed by atoms with Gasteiger partial charge in [-0.3, -0.25) is 4.79 Å². The normalized spacial score (nSPS) is 12.3. The molecule has 3 rings (SSSR count). The fourth-order valence-electron chi connectivity index (χ4n) is 3.42. The van der Waals surface area contributed by atoms with Gasteiger partial charge < -0.3 is 14.8 Å². The third-order valence-electron chi connectivity index (χ3n) is 5.26. The molecule has 1 atom stereocenters. The number of carbonyl (C=O) groups excluding carboxylic acids is 1. The van der Waals surface area contributed by atoms with Crippen molar-refractivity contribution in [2.24, 2.45) is 0 Å². The van der Waals surface area contributed by atoms with E-state index >= 15 is 0 Å². The largest absolute Gasteiger partial charge is 0.493 e. The molecular weight excluding hydrogens is 520 g/mol. The predicted octanol–water partition coefficient (Wildman–Crippen LogP) is 4.53. The number of hydrogen-bond acceptors (Lipinski definition) is 5. The van der Waals surface area contributed by atoms with Crippen molar-refractivity contribution in [1.29, 1.82) is 0 Å². The zero-order valence-corrected chi connectivity index (χ0v) is 21.6.